The third kappa shape index (κ3) is 3.87. The van der Waals surface area contributed by atoms with Crippen molar-refractivity contribution >= 4 is 17.5 Å². The van der Waals surface area contributed by atoms with Crippen molar-refractivity contribution in [3.8, 4) is 6.07 Å². The minimum Gasteiger partial charge on any atom is -0.368 e. The highest BCUT2D eigenvalue weighted by molar-refractivity contribution is 5.99. The molecule has 0 bridgehead atoms. The summed E-state index contributed by atoms with van der Waals surface area (Å²) in [6.45, 7) is 7.41. The molecule has 1 aromatic rings. The van der Waals surface area contributed by atoms with Gasteiger partial charge in [-0.1, -0.05) is 12.8 Å². The average molecular weight is 451 g/mol. The number of benzene rings is 1. The summed E-state index contributed by atoms with van der Waals surface area (Å²) in [5.41, 5.74) is 6.02. The molecule has 5 atom stereocenters. The van der Waals surface area contributed by atoms with E-state index in [1.54, 1.807) is 0 Å². The van der Waals surface area contributed by atoms with E-state index < -0.39 is 0 Å². The quantitative estimate of drug-likeness (QED) is 0.655. The van der Waals surface area contributed by atoms with Crippen LogP contribution in [0.2, 0.25) is 0 Å². The molecule has 8 heteroatoms. The van der Waals surface area contributed by atoms with Gasteiger partial charge in [0.1, 0.15) is 6.17 Å². The van der Waals surface area contributed by atoms with Crippen LogP contribution in [0.25, 0.3) is 0 Å². The second-order valence-electron chi connectivity index (χ2n) is 10.9. The fourth-order valence-electron chi connectivity index (χ4n) is 6.03. The van der Waals surface area contributed by atoms with E-state index in [0.29, 0.717) is 13.1 Å². The number of hydrogen-bond acceptors (Lipinski definition) is 6. The molecule has 1 aromatic carbocycles. The molecule has 3 heterocycles. The summed E-state index contributed by atoms with van der Waals surface area (Å²) in [4.78, 5) is 27.6. The first-order valence-electron chi connectivity index (χ1n) is 12.2. The Morgan fingerprint density at radius 2 is 1.91 bits per heavy atom. The first-order chi connectivity index (χ1) is 15.8. The Labute approximate surface area is 195 Å². The monoisotopic (exact) mass is 450 g/mol. The SMILES string of the molecule is CC(C)(C)N1Cc2cc(NC3NN([C@H]4CCCC[C@@H]4C#N)C4CCNC(=O)C34)ccc2C1=O. The van der Waals surface area contributed by atoms with Crippen molar-refractivity contribution in [2.75, 3.05) is 11.9 Å². The number of nitrogens with one attached hydrogen (secondary N) is 3. The van der Waals surface area contributed by atoms with Gasteiger partial charge in [-0.15, -0.1) is 0 Å². The molecule has 3 fully saturated rings. The summed E-state index contributed by atoms with van der Waals surface area (Å²) in [5, 5.41) is 18.5. The summed E-state index contributed by atoms with van der Waals surface area (Å²) in [5.74, 6) is -0.120. The first kappa shape index (κ1) is 22.2. The zero-order chi connectivity index (χ0) is 23.3. The van der Waals surface area contributed by atoms with Crippen LogP contribution in [0, 0.1) is 23.2 Å². The van der Waals surface area contributed by atoms with E-state index >= 15 is 0 Å². The van der Waals surface area contributed by atoms with Gasteiger partial charge in [-0.25, -0.2) is 10.4 Å². The smallest absolute Gasteiger partial charge is 0.254 e. The van der Waals surface area contributed by atoms with E-state index in [9.17, 15) is 14.9 Å². The average Bonchev–Trinajstić information content (AvgIpc) is 3.32. The molecule has 3 aliphatic heterocycles. The van der Waals surface area contributed by atoms with Gasteiger partial charge in [0, 0.05) is 42.0 Å². The number of rotatable bonds is 3. The Bertz CT molecular complexity index is 996. The molecule has 0 aromatic heterocycles. The molecule has 0 spiro atoms. The molecule has 3 unspecified atom stereocenters. The van der Waals surface area contributed by atoms with Gasteiger partial charge in [0.25, 0.3) is 5.91 Å². The van der Waals surface area contributed by atoms with Gasteiger partial charge in [0.2, 0.25) is 5.91 Å². The standard InChI is InChI=1S/C25H34N6O2/c1-25(2,3)30-14-16-12-17(8-9-18(16)24(30)33)28-22-21-20(10-11-27-23(21)32)31(29-22)19-7-5-4-6-15(19)13-26/h8-9,12,15,19-22,28-29H,4-7,10-11,14H2,1-3H3,(H,27,32)/t15-,19+,20?,21?,22?/m1/s1. The zero-order valence-corrected chi connectivity index (χ0v) is 19.7. The number of nitrogens with zero attached hydrogens (tertiary/aromatic N) is 3. The van der Waals surface area contributed by atoms with E-state index in [1.807, 2.05) is 23.1 Å². The minimum atomic E-state index is -0.259. The van der Waals surface area contributed by atoms with Crippen molar-refractivity contribution in [3.63, 3.8) is 0 Å². The van der Waals surface area contributed by atoms with E-state index in [0.717, 1.165) is 48.9 Å². The summed E-state index contributed by atoms with van der Waals surface area (Å²) in [6, 6.07) is 8.58. The second-order valence-corrected chi connectivity index (χ2v) is 10.9. The number of hydrazine groups is 1. The first-order valence-corrected chi connectivity index (χ1v) is 12.2. The van der Waals surface area contributed by atoms with Crippen molar-refractivity contribution in [3.05, 3.63) is 29.3 Å². The Balaban J connectivity index is 1.38. The van der Waals surface area contributed by atoms with Gasteiger partial charge in [-0.05, 0) is 63.8 Å². The topological polar surface area (TPSA) is 100 Å². The van der Waals surface area contributed by atoms with Crippen LogP contribution in [0.5, 0.6) is 0 Å². The molecule has 176 valence electrons. The Hall–Kier alpha value is -2.63. The van der Waals surface area contributed by atoms with Crippen LogP contribution in [-0.2, 0) is 11.3 Å². The number of carbonyl (C=O) groups is 2. The Morgan fingerprint density at radius 1 is 1.12 bits per heavy atom. The maximum absolute atomic E-state index is 12.9. The molecule has 3 N–H and O–H groups in total. The van der Waals surface area contributed by atoms with Crippen molar-refractivity contribution in [2.24, 2.45) is 11.8 Å². The predicted molar refractivity (Wildman–Crippen MR) is 125 cm³/mol. The molecule has 0 radical (unpaired) electrons. The van der Waals surface area contributed by atoms with Gasteiger partial charge in [-0.2, -0.15) is 5.26 Å². The highest BCUT2D eigenvalue weighted by atomic mass is 16.2. The third-order valence-electron chi connectivity index (χ3n) is 7.75. The lowest BCUT2D eigenvalue weighted by atomic mass is 9.83. The number of carbonyl (C=O) groups excluding carboxylic acids is 2. The second kappa shape index (κ2) is 8.30. The fourth-order valence-corrected chi connectivity index (χ4v) is 6.03. The number of amides is 2. The van der Waals surface area contributed by atoms with Crippen LogP contribution in [0.1, 0.15) is 68.8 Å². The molecule has 1 saturated carbocycles. The van der Waals surface area contributed by atoms with Crippen molar-refractivity contribution < 1.29 is 9.59 Å². The van der Waals surface area contributed by atoms with Crippen molar-refractivity contribution in [2.45, 2.75) is 83.2 Å². The summed E-state index contributed by atoms with van der Waals surface area (Å²) in [7, 11) is 0. The maximum atomic E-state index is 12.9. The summed E-state index contributed by atoms with van der Waals surface area (Å²) in [6.07, 6.45) is 4.72. The molecule has 5 rings (SSSR count). The van der Waals surface area contributed by atoms with Gasteiger partial charge in [-0.3, -0.25) is 9.59 Å². The minimum absolute atomic E-state index is 0.00924. The largest absolute Gasteiger partial charge is 0.368 e. The van der Waals surface area contributed by atoms with E-state index in [2.05, 4.69) is 47.9 Å². The number of fused-ring (bicyclic) bond motifs is 2. The third-order valence-corrected chi connectivity index (χ3v) is 7.75. The van der Waals surface area contributed by atoms with Gasteiger partial charge < -0.3 is 15.5 Å². The molecule has 1 aliphatic carbocycles. The van der Waals surface area contributed by atoms with Gasteiger partial charge in [0.05, 0.1) is 17.9 Å². The summed E-state index contributed by atoms with van der Waals surface area (Å²) >= 11 is 0. The van der Waals surface area contributed by atoms with Crippen LogP contribution < -0.4 is 16.1 Å². The molecule has 4 aliphatic rings. The van der Waals surface area contributed by atoms with Crippen LogP contribution in [0.4, 0.5) is 5.69 Å². The predicted octanol–water partition coefficient (Wildman–Crippen LogP) is 2.59. The highest BCUT2D eigenvalue weighted by Crippen LogP contribution is 2.37. The summed E-state index contributed by atoms with van der Waals surface area (Å²) < 4.78 is 0. The lowest BCUT2D eigenvalue weighted by molar-refractivity contribution is -0.128. The van der Waals surface area contributed by atoms with Gasteiger partial charge in [0.15, 0.2) is 0 Å². The molecule has 8 nitrogen and oxygen atoms in total. The molecule has 33 heavy (non-hydrogen) atoms. The van der Waals surface area contributed by atoms with Crippen LogP contribution >= 0.6 is 0 Å². The van der Waals surface area contributed by atoms with Gasteiger partial charge >= 0.3 is 0 Å². The maximum Gasteiger partial charge on any atom is 0.254 e. The van der Waals surface area contributed by atoms with E-state index in [1.165, 1.54) is 0 Å². The molecular formula is C25H34N6O2. The lowest BCUT2D eigenvalue weighted by Crippen LogP contribution is -2.54. The van der Waals surface area contributed by atoms with Crippen LogP contribution in [0.15, 0.2) is 18.2 Å². The normalized spacial score (nSPS) is 32.2. The number of anilines is 1. The van der Waals surface area contributed by atoms with Crippen molar-refractivity contribution in [1.29, 1.82) is 5.26 Å². The zero-order valence-electron chi connectivity index (χ0n) is 19.7. The van der Waals surface area contributed by atoms with Crippen LogP contribution in [0.3, 0.4) is 0 Å². The van der Waals surface area contributed by atoms with Crippen molar-refractivity contribution in [1.82, 2.24) is 20.7 Å². The Morgan fingerprint density at radius 3 is 2.67 bits per heavy atom. The molecular weight excluding hydrogens is 416 g/mol. The lowest BCUT2D eigenvalue weighted by Gasteiger charge is -2.39. The highest BCUT2D eigenvalue weighted by Gasteiger charge is 2.51. The fraction of sp³-hybridized carbons (Fsp3) is 0.640. The van der Waals surface area contributed by atoms with Crippen LogP contribution in [-0.4, -0.2) is 52.1 Å². The number of hydrogen-bond donors (Lipinski definition) is 3. The molecule has 2 amide bonds. The number of piperidine rings is 1. The molecule has 2 saturated heterocycles. The Kier molecular flexibility index (Phi) is 5.58. The van der Waals surface area contributed by atoms with E-state index in [4.69, 9.17) is 0 Å². The number of nitriles is 1. The van der Waals surface area contributed by atoms with E-state index in [-0.39, 0.29) is 47.4 Å².